The molecule has 0 amide bonds. The molecule has 1 heterocycles. The molecule has 3 aromatic rings. The van der Waals surface area contributed by atoms with Gasteiger partial charge in [0, 0.05) is 23.7 Å². The predicted octanol–water partition coefficient (Wildman–Crippen LogP) is 5.42. The normalized spacial score (nSPS) is 13.1. The third-order valence-electron chi connectivity index (χ3n) is 5.88. The molecule has 37 heavy (non-hydrogen) atoms. The van der Waals surface area contributed by atoms with Gasteiger partial charge in [-0.2, -0.15) is 0 Å². The maximum Gasteiger partial charge on any atom is 0.528 e. The zero-order chi connectivity index (χ0) is 26.5. The summed E-state index contributed by atoms with van der Waals surface area (Å²) in [6.07, 6.45) is -1.01. The summed E-state index contributed by atoms with van der Waals surface area (Å²) in [5, 5.41) is 10.4. The summed E-state index contributed by atoms with van der Waals surface area (Å²) in [7, 11) is 0. The van der Waals surface area contributed by atoms with Crippen LogP contribution in [-0.4, -0.2) is 35.4 Å². The number of benzene rings is 3. The van der Waals surface area contributed by atoms with Gasteiger partial charge in [0.2, 0.25) is 0 Å². The molecule has 0 bridgehead atoms. The number of carbonyl (C=O) groups excluding carboxylic acids is 1. The first-order valence-corrected chi connectivity index (χ1v) is 11.6. The van der Waals surface area contributed by atoms with Crippen LogP contribution in [0.2, 0.25) is 0 Å². The number of carboxylic acid groups (broad SMARTS) is 1. The van der Waals surface area contributed by atoms with Crippen molar-refractivity contribution in [3.8, 4) is 16.9 Å². The molecular weight excluding hydrogens is 491 g/mol. The van der Waals surface area contributed by atoms with Crippen LogP contribution in [0, 0.1) is 17.5 Å². The van der Waals surface area contributed by atoms with E-state index < -0.39 is 36.2 Å². The molecule has 0 spiro atoms. The summed E-state index contributed by atoms with van der Waals surface area (Å²) in [6, 6.07) is 10.9. The predicted molar refractivity (Wildman–Crippen MR) is 126 cm³/mol. The van der Waals surface area contributed by atoms with E-state index in [1.807, 2.05) is 0 Å². The highest BCUT2D eigenvalue weighted by Crippen LogP contribution is 2.38. The second-order valence-electron chi connectivity index (χ2n) is 8.37. The van der Waals surface area contributed by atoms with Crippen LogP contribution in [0.4, 0.5) is 18.0 Å². The van der Waals surface area contributed by atoms with Crippen LogP contribution >= 0.6 is 0 Å². The molecule has 0 atom stereocenters. The molecule has 3 aromatic carbocycles. The van der Waals surface area contributed by atoms with Gasteiger partial charge >= 0.3 is 12.1 Å². The summed E-state index contributed by atoms with van der Waals surface area (Å²) >= 11 is 0. The zero-order valence-corrected chi connectivity index (χ0v) is 19.9. The van der Waals surface area contributed by atoms with Crippen LogP contribution in [-0.2, 0) is 40.4 Å². The van der Waals surface area contributed by atoms with Gasteiger partial charge in [-0.1, -0.05) is 18.2 Å². The third kappa shape index (κ3) is 6.21. The molecule has 4 rings (SSSR count). The smallest absolute Gasteiger partial charge is 0.493 e. The Bertz CT molecular complexity index is 1330. The topological polar surface area (TPSA) is 85.3 Å². The Labute approximate surface area is 210 Å². The van der Waals surface area contributed by atoms with E-state index in [-0.39, 0.29) is 31.5 Å². The Morgan fingerprint density at radius 1 is 0.973 bits per heavy atom. The van der Waals surface area contributed by atoms with Crippen LogP contribution in [0.25, 0.3) is 11.1 Å². The first-order chi connectivity index (χ1) is 17.7. The molecule has 10 heteroatoms. The van der Waals surface area contributed by atoms with Crippen LogP contribution in [0.5, 0.6) is 5.75 Å². The van der Waals surface area contributed by atoms with Crippen molar-refractivity contribution in [1.82, 2.24) is 5.06 Å². The quantitative estimate of drug-likeness (QED) is 0.401. The molecule has 7 nitrogen and oxygen atoms in total. The van der Waals surface area contributed by atoms with E-state index in [4.69, 9.17) is 19.4 Å². The standard InChI is InChI=1S/C27H24F3NO6/c1-2-35-25-11-16(12-26(32)33)3-6-21(25)19-7-8-23(29)20-9-10-31(14-22(19)20)37-27(34)36-15-17-4-5-18(28)13-24(17)30/h3-8,11,13H,2,9-10,12,14-15H2,1H3,(H,32,33). The summed E-state index contributed by atoms with van der Waals surface area (Å²) < 4.78 is 52.2. The molecule has 1 aliphatic rings. The van der Waals surface area contributed by atoms with Crippen molar-refractivity contribution < 1.29 is 42.2 Å². The average Bonchev–Trinajstić information content (AvgIpc) is 2.84. The van der Waals surface area contributed by atoms with Gasteiger partial charge in [0.25, 0.3) is 0 Å². The monoisotopic (exact) mass is 515 g/mol. The summed E-state index contributed by atoms with van der Waals surface area (Å²) in [4.78, 5) is 28.6. The largest absolute Gasteiger partial charge is 0.528 e. The molecule has 0 fully saturated rings. The number of hydrogen-bond donors (Lipinski definition) is 1. The molecule has 1 aliphatic heterocycles. The number of rotatable bonds is 8. The lowest BCUT2D eigenvalue weighted by molar-refractivity contribution is -0.139. The zero-order valence-electron chi connectivity index (χ0n) is 19.9. The van der Waals surface area contributed by atoms with Gasteiger partial charge in [-0.3, -0.25) is 4.79 Å². The van der Waals surface area contributed by atoms with Crippen LogP contribution in [0.1, 0.15) is 29.2 Å². The summed E-state index contributed by atoms with van der Waals surface area (Å²) in [5.41, 5.74) is 2.88. The van der Waals surface area contributed by atoms with Crippen molar-refractivity contribution in [2.24, 2.45) is 0 Å². The van der Waals surface area contributed by atoms with Gasteiger partial charge in [0.1, 0.15) is 29.8 Å². The van der Waals surface area contributed by atoms with Crippen molar-refractivity contribution in [3.63, 3.8) is 0 Å². The fraction of sp³-hybridized carbons (Fsp3) is 0.259. The van der Waals surface area contributed by atoms with Crippen molar-refractivity contribution in [2.75, 3.05) is 13.2 Å². The van der Waals surface area contributed by atoms with E-state index in [0.717, 1.165) is 6.07 Å². The maximum absolute atomic E-state index is 14.7. The highest BCUT2D eigenvalue weighted by Gasteiger charge is 2.27. The Morgan fingerprint density at radius 2 is 1.76 bits per heavy atom. The second kappa shape index (κ2) is 11.3. The molecule has 0 aliphatic carbocycles. The first kappa shape index (κ1) is 26.0. The van der Waals surface area contributed by atoms with Gasteiger partial charge in [-0.25, -0.2) is 18.0 Å². The second-order valence-corrected chi connectivity index (χ2v) is 8.37. The molecule has 1 N–H and O–H groups in total. The lowest BCUT2D eigenvalue weighted by Crippen LogP contribution is -2.34. The Morgan fingerprint density at radius 3 is 2.49 bits per heavy atom. The molecule has 0 unspecified atom stereocenters. The van der Waals surface area contributed by atoms with Crippen molar-refractivity contribution in [3.05, 3.63) is 88.2 Å². The van der Waals surface area contributed by atoms with E-state index >= 15 is 0 Å². The van der Waals surface area contributed by atoms with E-state index in [0.29, 0.717) is 46.2 Å². The average molecular weight is 515 g/mol. The first-order valence-electron chi connectivity index (χ1n) is 11.6. The highest BCUT2D eigenvalue weighted by molar-refractivity contribution is 5.77. The minimum Gasteiger partial charge on any atom is -0.493 e. The highest BCUT2D eigenvalue weighted by atomic mass is 19.1. The lowest BCUT2D eigenvalue weighted by Gasteiger charge is -2.29. The fourth-order valence-corrected chi connectivity index (χ4v) is 4.19. The van der Waals surface area contributed by atoms with Gasteiger partial charge in [0.05, 0.1) is 19.6 Å². The number of ether oxygens (including phenoxy) is 2. The van der Waals surface area contributed by atoms with Gasteiger partial charge in [-0.05, 0) is 59.9 Å². The Balaban J connectivity index is 1.54. The number of hydroxylamine groups is 2. The van der Waals surface area contributed by atoms with Crippen molar-refractivity contribution >= 4 is 12.1 Å². The Hall–Kier alpha value is -4.05. The Kier molecular flexibility index (Phi) is 7.98. The SMILES string of the molecule is CCOc1cc(CC(=O)O)ccc1-c1ccc(F)c2c1CN(OC(=O)OCc1ccc(F)cc1F)CC2. The lowest BCUT2D eigenvalue weighted by atomic mass is 9.90. The number of aliphatic carboxylic acids is 1. The number of hydrogen-bond acceptors (Lipinski definition) is 6. The third-order valence-corrected chi connectivity index (χ3v) is 5.88. The van der Waals surface area contributed by atoms with Gasteiger partial charge < -0.3 is 19.4 Å². The number of carbonyl (C=O) groups is 2. The minimum absolute atomic E-state index is 0.0125. The molecule has 0 aromatic heterocycles. The van der Waals surface area contributed by atoms with E-state index in [1.54, 1.807) is 31.2 Å². The van der Waals surface area contributed by atoms with Crippen LogP contribution < -0.4 is 4.74 Å². The fourth-order valence-electron chi connectivity index (χ4n) is 4.19. The van der Waals surface area contributed by atoms with E-state index in [2.05, 4.69) is 0 Å². The van der Waals surface area contributed by atoms with Crippen LogP contribution in [0.15, 0.2) is 48.5 Å². The molecule has 0 saturated heterocycles. The molecule has 194 valence electrons. The number of nitrogens with zero attached hydrogens (tertiary/aromatic N) is 1. The van der Waals surface area contributed by atoms with Gasteiger partial charge in [0.15, 0.2) is 0 Å². The van der Waals surface area contributed by atoms with E-state index in [1.165, 1.54) is 17.2 Å². The number of fused-ring (bicyclic) bond motifs is 1. The minimum atomic E-state index is -1.09. The van der Waals surface area contributed by atoms with Crippen LogP contribution in [0.3, 0.4) is 0 Å². The summed E-state index contributed by atoms with van der Waals surface area (Å²) in [5.74, 6) is -2.51. The summed E-state index contributed by atoms with van der Waals surface area (Å²) in [6.45, 7) is 1.93. The molecular formula is C27H24F3NO6. The van der Waals surface area contributed by atoms with E-state index in [9.17, 15) is 22.8 Å². The van der Waals surface area contributed by atoms with Crippen molar-refractivity contribution in [1.29, 1.82) is 0 Å². The van der Waals surface area contributed by atoms with Crippen molar-refractivity contribution in [2.45, 2.75) is 32.9 Å². The molecule has 0 saturated carbocycles. The van der Waals surface area contributed by atoms with Gasteiger partial charge in [-0.15, -0.1) is 5.06 Å². The number of halogens is 3. The molecule has 0 radical (unpaired) electrons. The maximum atomic E-state index is 14.7. The number of carboxylic acids is 1.